The van der Waals surface area contributed by atoms with Crippen molar-refractivity contribution in [3.63, 3.8) is 0 Å². The Morgan fingerprint density at radius 3 is 2.49 bits per heavy atom. The topological polar surface area (TPSA) is 111 Å². The Kier molecular flexibility index (Phi) is 9.34. The van der Waals surface area contributed by atoms with Crippen LogP contribution in [0.1, 0.15) is 33.3 Å². The summed E-state index contributed by atoms with van der Waals surface area (Å²) in [6.07, 6.45) is 5.00. The maximum atomic E-state index is 14.9. The summed E-state index contributed by atoms with van der Waals surface area (Å²) in [6.45, 7) is 12.2. The van der Waals surface area contributed by atoms with Gasteiger partial charge >= 0.3 is 0 Å². The van der Waals surface area contributed by atoms with E-state index in [4.69, 9.17) is 45.5 Å². The molecule has 1 aromatic carbocycles. The number of anilines is 2. The number of nitrogen functional groups attached to an aromatic ring is 1. The number of nitriles is 1. The Morgan fingerprint density at radius 2 is 1.89 bits per heavy atom. The molecule has 47 heavy (non-hydrogen) atoms. The molecule has 9 nitrogen and oxygen atoms in total. The molecule has 2 aliphatic rings. The van der Waals surface area contributed by atoms with Crippen LogP contribution >= 0.6 is 34.8 Å². The lowest BCUT2D eigenvalue weighted by molar-refractivity contribution is -0.128. The number of amides is 1. The molecule has 4 heterocycles. The number of nitrogens with zero attached hydrogens (tertiary/aromatic N) is 6. The fourth-order valence-electron chi connectivity index (χ4n) is 6.49. The summed E-state index contributed by atoms with van der Waals surface area (Å²) < 4.78 is 30.8. The van der Waals surface area contributed by atoms with Crippen molar-refractivity contribution in [1.29, 1.82) is 5.26 Å². The first-order valence-corrected chi connectivity index (χ1v) is 15.9. The SMILES string of the molecule is C=CC(=O)N1CCN(c2c(C#N)c(=O)n(C3=C(C)C=CN(C)C3C(C)C)c3nc(-c4c(Cl)c(N)c(F)c(F)c4Cl)c(Cl)cc23)C[C@H]1C. The number of halogens is 5. The third kappa shape index (κ3) is 5.52. The fourth-order valence-corrected chi connectivity index (χ4v) is 7.32. The third-order valence-electron chi connectivity index (χ3n) is 8.68. The monoisotopic (exact) mass is 701 g/mol. The number of carbonyl (C=O) groups excluding carboxylic acids is 1. The van der Waals surface area contributed by atoms with Crippen molar-refractivity contribution in [2.75, 3.05) is 37.3 Å². The molecule has 1 unspecified atom stereocenters. The standard InChI is InChI=1S/C33H32Cl3F2N7O2/c1-7-21(46)44-11-10-43(14-17(44)5)31-18-12-20(34)28(22-23(35)25(37)26(38)27(40)24(22)36)41-32(18)45(33(47)19(31)13-39)30-16(4)8-9-42(6)29(30)15(2)3/h7-9,12,15,17,29H,1,10-11,14,40H2,2-6H3/t17-,29?/m1/s1. The van der Waals surface area contributed by atoms with Crippen LogP contribution in [-0.2, 0) is 4.79 Å². The third-order valence-corrected chi connectivity index (χ3v) is 9.71. The van der Waals surface area contributed by atoms with Gasteiger partial charge in [-0.05, 0) is 49.8 Å². The van der Waals surface area contributed by atoms with Crippen LogP contribution in [0.15, 0.2) is 41.4 Å². The minimum atomic E-state index is -1.43. The Morgan fingerprint density at radius 1 is 1.21 bits per heavy atom. The van der Waals surface area contributed by atoms with Crippen molar-refractivity contribution in [3.05, 3.63) is 79.2 Å². The molecular weight excluding hydrogens is 671 g/mol. The number of benzene rings is 1. The lowest BCUT2D eigenvalue weighted by atomic mass is 9.93. The number of carbonyl (C=O) groups is 1. The van der Waals surface area contributed by atoms with Crippen LogP contribution in [0.25, 0.3) is 28.0 Å². The van der Waals surface area contributed by atoms with Gasteiger partial charge in [0.1, 0.15) is 17.3 Å². The first-order valence-electron chi connectivity index (χ1n) is 14.8. The van der Waals surface area contributed by atoms with E-state index in [-0.39, 0.29) is 70.2 Å². The van der Waals surface area contributed by atoms with Gasteiger partial charge in [0.2, 0.25) is 5.91 Å². The molecule has 0 aliphatic carbocycles. The van der Waals surface area contributed by atoms with Gasteiger partial charge in [-0.25, -0.2) is 13.8 Å². The summed E-state index contributed by atoms with van der Waals surface area (Å²) in [4.78, 5) is 37.4. The largest absolute Gasteiger partial charge is 0.395 e. The van der Waals surface area contributed by atoms with Crippen molar-refractivity contribution >= 4 is 68.8 Å². The van der Waals surface area contributed by atoms with Crippen molar-refractivity contribution in [2.24, 2.45) is 5.92 Å². The molecule has 0 spiro atoms. The second-order valence-electron chi connectivity index (χ2n) is 12.0. The van der Waals surface area contributed by atoms with Gasteiger partial charge in [0.15, 0.2) is 11.6 Å². The van der Waals surface area contributed by atoms with Gasteiger partial charge in [0, 0.05) is 43.7 Å². The predicted octanol–water partition coefficient (Wildman–Crippen LogP) is 6.69. The highest BCUT2D eigenvalue weighted by molar-refractivity contribution is 6.42. The van der Waals surface area contributed by atoms with E-state index < -0.39 is 32.9 Å². The Hall–Kier alpha value is -4.11. The molecule has 0 radical (unpaired) electrons. The van der Waals surface area contributed by atoms with Crippen LogP contribution in [0.2, 0.25) is 15.1 Å². The second-order valence-corrected chi connectivity index (χ2v) is 13.1. The quantitative estimate of drug-likeness (QED) is 0.136. The average molecular weight is 703 g/mol. The van der Waals surface area contributed by atoms with Gasteiger partial charge in [-0.3, -0.25) is 14.2 Å². The van der Waals surface area contributed by atoms with E-state index in [0.29, 0.717) is 17.6 Å². The van der Waals surface area contributed by atoms with E-state index >= 15 is 0 Å². The molecule has 2 aromatic heterocycles. The molecule has 14 heteroatoms. The van der Waals surface area contributed by atoms with Gasteiger partial charge in [-0.1, -0.05) is 55.2 Å². The van der Waals surface area contributed by atoms with Gasteiger partial charge in [-0.15, -0.1) is 0 Å². The Labute approximate surface area is 285 Å². The Balaban J connectivity index is 1.92. The van der Waals surface area contributed by atoms with Gasteiger partial charge in [0.05, 0.1) is 43.9 Å². The number of hydrogen-bond donors (Lipinski definition) is 1. The normalized spacial score (nSPS) is 18.4. The van der Waals surface area contributed by atoms with Gasteiger partial charge in [-0.2, -0.15) is 5.26 Å². The molecule has 1 amide bonds. The van der Waals surface area contributed by atoms with E-state index in [1.807, 2.05) is 56.8 Å². The zero-order valence-corrected chi connectivity index (χ0v) is 28.6. The lowest BCUT2D eigenvalue weighted by Gasteiger charge is -2.41. The van der Waals surface area contributed by atoms with Crippen LogP contribution in [0.4, 0.5) is 20.2 Å². The Bertz CT molecular complexity index is 1990. The molecule has 3 aromatic rings. The molecule has 5 rings (SSSR count). The highest BCUT2D eigenvalue weighted by atomic mass is 35.5. The minimum Gasteiger partial charge on any atom is -0.395 e. The van der Waals surface area contributed by atoms with E-state index in [1.165, 1.54) is 16.7 Å². The first kappa shape index (κ1) is 34.2. The van der Waals surface area contributed by atoms with Crippen molar-refractivity contribution in [1.82, 2.24) is 19.4 Å². The number of rotatable bonds is 5. The van der Waals surface area contributed by atoms with E-state index in [9.17, 15) is 23.6 Å². The number of allylic oxidation sites excluding steroid dienone is 2. The molecule has 0 saturated carbocycles. The van der Waals surface area contributed by atoms with E-state index in [1.54, 1.807) is 4.90 Å². The number of hydrogen-bond acceptors (Lipinski definition) is 7. The number of nitrogens with two attached hydrogens (primary N) is 1. The summed E-state index contributed by atoms with van der Waals surface area (Å²) in [6, 6.07) is 3.01. The minimum absolute atomic E-state index is 0.0000359. The highest BCUT2D eigenvalue weighted by Gasteiger charge is 2.35. The molecule has 2 N–H and O–H groups in total. The summed E-state index contributed by atoms with van der Waals surface area (Å²) >= 11 is 19.6. The van der Waals surface area contributed by atoms with Crippen molar-refractivity contribution in [2.45, 2.75) is 39.8 Å². The summed E-state index contributed by atoms with van der Waals surface area (Å²) in [5, 5.41) is 9.70. The number of fused-ring (bicyclic) bond motifs is 1. The summed E-state index contributed by atoms with van der Waals surface area (Å²) in [5.41, 5.74) is 5.62. The van der Waals surface area contributed by atoms with Crippen LogP contribution < -0.4 is 16.2 Å². The maximum Gasteiger partial charge on any atom is 0.276 e. The first-order chi connectivity index (χ1) is 22.2. The predicted molar refractivity (Wildman–Crippen MR) is 184 cm³/mol. The number of pyridine rings is 2. The zero-order chi connectivity index (χ0) is 34.6. The zero-order valence-electron chi connectivity index (χ0n) is 26.3. The smallest absolute Gasteiger partial charge is 0.276 e. The van der Waals surface area contributed by atoms with Crippen molar-refractivity contribution in [3.8, 4) is 17.3 Å². The fraction of sp³-hybridized carbons (Fsp3) is 0.333. The van der Waals surface area contributed by atoms with Crippen LogP contribution in [-0.4, -0.2) is 64.0 Å². The van der Waals surface area contributed by atoms with Crippen molar-refractivity contribution < 1.29 is 13.6 Å². The van der Waals surface area contributed by atoms with Crippen LogP contribution in [0.3, 0.4) is 0 Å². The van der Waals surface area contributed by atoms with E-state index in [0.717, 1.165) is 5.57 Å². The molecule has 246 valence electrons. The second kappa shape index (κ2) is 12.8. The van der Waals surface area contributed by atoms with Gasteiger partial charge < -0.3 is 20.4 Å². The molecule has 1 saturated heterocycles. The number of piperazine rings is 1. The molecule has 1 fully saturated rings. The lowest BCUT2D eigenvalue weighted by Crippen LogP contribution is -2.54. The maximum absolute atomic E-state index is 14.9. The van der Waals surface area contributed by atoms with E-state index in [2.05, 4.69) is 12.6 Å². The highest BCUT2D eigenvalue weighted by Crippen LogP contribution is 2.45. The summed E-state index contributed by atoms with van der Waals surface area (Å²) in [5.74, 6) is -3.08. The number of aromatic nitrogens is 2. The molecule has 2 atom stereocenters. The van der Waals surface area contributed by atoms with Crippen LogP contribution in [0, 0.1) is 28.9 Å². The molecular formula is C33H32Cl3F2N7O2. The van der Waals surface area contributed by atoms with Crippen LogP contribution in [0.5, 0.6) is 0 Å². The average Bonchev–Trinajstić information content (AvgIpc) is 3.03. The number of likely N-dealkylation sites (N-methyl/N-ethyl adjacent to an activating group) is 1. The summed E-state index contributed by atoms with van der Waals surface area (Å²) in [7, 11) is 1.88. The molecule has 2 aliphatic heterocycles. The molecule has 0 bridgehead atoms. The van der Waals surface area contributed by atoms with Gasteiger partial charge in [0.25, 0.3) is 5.56 Å².